The average Bonchev–Trinajstić information content (AvgIpc) is 2.44. The molecule has 0 fully saturated rings. The maximum absolute atomic E-state index is 12.1. The molecule has 0 aliphatic rings. The van der Waals surface area contributed by atoms with E-state index in [1.165, 1.54) is 0 Å². The Kier molecular flexibility index (Phi) is 7.23. The molecule has 0 aliphatic carbocycles. The van der Waals surface area contributed by atoms with Gasteiger partial charge in [-0.25, -0.2) is 0 Å². The van der Waals surface area contributed by atoms with Gasteiger partial charge in [-0.15, -0.1) is 0 Å². The van der Waals surface area contributed by atoms with Crippen LogP contribution in [0.1, 0.15) is 31.7 Å². The molecule has 21 heavy (non-hydrogen) atoms. The van der Waals surface area contributed by atoms with E-state index in [-0.39, 0.29) is 11.8 Å². The van der Waals surface area contributed by atoms with E-state index in [1.54, 1.807) is 7.11 Å². The maximum atomic E-state index is 12.1. The van der Waals surface area contributed by atoms with E-state index in [0.717, 1.165) is 17.9 Å². The van der Waals surface area contributed by atoms with Crippen LogP contribution in [0.3, 0.4) is 0 Å². The van der Waals surface area contributed by atoms with Crippen molar-refractivity contribution < 1.29 is 9.53 Å². The number of para-hydroxylation sites is 1. The summed E-state index contributed by atoms with van der Waals surface area (Å²) >= 11 is 0. The molecule has 1 N–H and O–H groups in total. The van der Waals surface area contributed by atoms with Crippen LogP contribution in [0, 0.1) is 5.92 Å². The molecule has 0 saturated carbocycles. The van der Waals surface area contributed by atoms with Gasteiger partial charge in [0.25, 0.3) is 0 Å². The fourth-order valence-corrected chi connectivity index (χ4v) is 2.37. The van der Waals surface area contributed by atoms with E-state index >= 15 is 0 Å². The number of nitrogens with zero attached hydrogens (tertiary/aromatic N) is 1. The summed E-state index contributed by atoms with van der Waals surface area (Å²) < 4.78 is 5.43. The van der Waals surface area contributed by atoms with Crippen LogP contribution in [0.25, 0.3) is 0 Å². The monoisotopic (exact) mass is 292 g/mol. The van der Waals surface area contributed by atoms with Crippen molar-refractivity contribution >= 4 is 5.91 Å². The summed E-state index contributed by atoms with van der Waals surface area (Å²) in [6, 6.07) is 7.96. The van der Waals surface area contributed by atoms with Gasteiger partial charge in [0, 0.05) is 19.5 Å². The Bertz CT molecular complexity index is 444. The van der Waals surface area contributed by atoms with Crippen LogP contribution in [0.4, 0.5) is 0 Å². The highest BCUT2D eigenvalue weighted by atomic mass is 16.5. The molecule has 118 valence electrons. The Morgan fingerprint density at radius 3 is 2.52 bits per heavy atom. The van der Waals surface area contributed by atoms with Gasteiger partial charge >= 0.3 is 0 Å². The van der Waals surface area contributed by atoms with E-state index < -0.39 is 0 Å². The summed E-state index contributed by atoms with van der Waals surface area (Å²) in [4.78, 5) is 14.2. The summed E-state index contributed by atoms with van der Waals surface area (Å²) in [6.07, 6.45) is 0.492. The number of rotatable bonds is 8. The van der Waals surface area contributed by atoms with E-state index in [9.17, 15) is 4.79 Å². The smallest absolute Gasteiger partial charge is 0.220 e. The number of carbonyl (C=O) groups excluding carboxylic acids is 1. The van der Waals surface area contributed by atoms with Crippen LogP contribution >= 0.6 is 0 Å². The lowest BCUT2D eigenvalue weighted by Gasteiger charge is -2.23. The number of hydrogen-bond donors (Lipinski definition) is 1. The second kappa shape index (κ2) is 8.67. The van der Waals surface area contributed by atoms with Gasteiger partial charge in [-0.2, -0.15) is 0 Å². The summed E-state index contributed by atoms with van der Waals surface area (Å²) in [6.45, 7) is 5.82. The highest BCUT2D eigenvalue weighted by molar-refractivity contribution is 5.77. The zero-order valence-corrected chi connectivity index (χ0v) is 13.8. The number of carbonyl (C=O) groups is 1. The highest BCUT2D eigenvalue weighted by Crippen LogP contribution is 2.34. The van der Waals surface area contributed by atoms with E-state index in [1.807, 2.05) is 32.3 Å². The number of hydrogen-bond acceptors (Lipinski definition) is 3. The van der Waals surface area contributed by atoms with Crippen LogP contribution in [0.15, 0.2) is 24.3 Å². The van der Waals surface area contributed by atoms with Crippen molar-refractivity contribution in [1.29, 1.82) is 0 Å². The first-order valence-electron chi connectivity index (χ1n) is 7.50. The van der Waals surface area contributed by atoms with Gasteiger partial charge in [-0.05, 0) is 37.6 Å². The van der Waals surface area contributed by atoms with Crippen LogP contribution in [-0.2, 0) is 4.79 Å². The molecule has 0 aromatic heterocycles. The molecule has 0 heterocycles. The van der Waals surface area contributed by atoms with Crippen molar-refractivity contribution in [3.05, 3.63) is 29.8 Å². The molecule has 1 amide bonds. The van der Waals surface area contributed by atoms with Gasteiger partial charge in [0.05, 0.1) is 7.11 Å². The Hall–Kier alpha value is -1.55. The van der Waals surface area contributed by atoms with Gasteiger partial charge in [0.1, 0.15) is 5.75 Å². The molecule has 1 rings (SSSR count). The van der Waals surface area contributed by atoms with Crippen molar-refractivity contribution in [2.24, 2.45) is 5.92 Å². The topological polar surface area (TPSA) is 41.6 Å². The molecule has 1 unspecified atom stereocenters. The number of benzene rings is 1. The summed E-state index contributed by atoms with van der Waals surface area (Å²) in [5.41, 5.74) is 1.11. The summed E-state index contributed by atoms with van der Waals surface area (Å²) in [5.74, 6) is 1.50. The fourth-order valence-electron chi connectivity index (χ4n) is 2.37. The zero-order valence-electron chi connectivity index (χ0n) is 13.8. The predicted octanol–water partition coefficient (Wildman–Crippen LogP) is 2.50. The lowest BCUT2D eigenvalue weighted by molar-refractivity contribution is -0.121. The Labute approximate surface area is 128 Å². The van der Waals surface area contributed by atoms with E-state index in [4.69, 9.17) is 4.74 Å². The molecule has 0 bridgehead atoms. The average molecular weight is 292 g/mol. The third kappa shape index (κ3) is 5.76. The second-order valence-electron chi connectivity index (χ2n) is 5.95. The minimum atomic E-state index is 0.0986. The normalized spacial score (nSPS) is 12.5. The minimum absolute atomic E-state index is 0.0986. The number of nitrogens with one attached hydrogen (secondary N) is 1. The van der Waals surface area contributed by atoms with Gasteiger partial charge in [-0.3, -0.25) is 4.79 Å². The fraction of sp³-hybridized carbons (Fsp3) is 0.588. The van der Waals surface area contributed by atoms with Gasteiger partial charge < -0.3 is 15.0 Å². The van der Waals surface area contributed by atoms with Crippen molar-refractivity contribution in [3.63, 3.8) is 0 Å². The number of methoxy groups -OCH3 is 1. The lowest BCUT2D eigenvalue weighted by atomic mass is 9.85. The molecular weight excluding hydrogens is 264 g/mol. The second-order valence-corrected chi connectivity index (χ2v) is 5.95. The largest absolute Gasteiger partial charge is 0.496 e. The number of likely N-dealkylation sites (N-methyl/N-ethyl adjacent to an activating group) is 1. The first-order chi connectivity index (χ1) is 9.95. The molecule has 0 radical (unpaired) electrons. The lowest BCUT2D eigenvalue weighted by Crippen LogP contribution is -2.32. The van der Waals surface area contributed by atoms with Crippen LogP contribution in [0.2, 0.25) is 0 Å². The van der Waals surface area contributed by atoms with Gasteiger partial charge in [-0.1, -0.05) is 32.0 Å². The maximum Gasteiger partial charge on any atom is 0.220 e. The molecule has 1 aromatic rings. The van der Waals surface area contributed by atoms with Crippen LogP contribution < -0.4 is 10.1 Å². The zero-order chi connectivity index (χ0) is 15.8. The number of amides is 1. The SMILES string of the molecule is COc1ccccc1C(CC(=O)NCCN(C)C)C(C)C. The molecule has 4 heteroatoms. The quantitative estimate of drug-likeness (QED) is 0.800. The van der Waals surface area contributed by atoms with Crippen molar-refractivity contribution in [1.82, 2.24) is 10.2 Å². The highest BCUT2D eigenvalue weighted by Gasteiger charge is 2.22. The molecule has 4 nitrogen and oxygen atoms in total. The Morgan fingerprint density at radius 2 is 1.95 bits per heavy atom. The molecule has 1 atom stereocenters. The van der Waals surface area contributed by atoms with Crippen molar-refractivity contribution in [2.75, 3.05) is 34.3 Å². The first kappa shape index (κ1) is 17.5. The molecule has 0 aliphatic heterocycles. The van der Waals surface area contributed by atoms with E-state index in [2.05, 4.69) is 30.1 Å². The van der Waals surface area contributed by atoms with Crippen LogP contribution in [0.5, 0.6) is 5.75 Å². The minimum Gasteiger partial charge on any atom is -0.496 e. The third-order valence-electron chi connectivity index (χ3n) is 3.63. The van der Waals surface area contributed by atoms with Crippen LogP contribution in [-0.4, -0.2) is 45.1 Å². The molecule has 1 aromatic carbocycles. The van der Waals surface area contributed by atoms with Gasteiger partial charge in [0.15, 0.2) is 0 Å². The predicted molar refractivity (Wildman–Crippen MR) is 86.8 cm³/mol. The van der Waals surface area contributed by atoms with E-state index in [0.29, 0.717) is 18.9 Å². The van der Waals surface area contributed by atoms with Gasteiger partial charge in [0.2, 0.25) is 5.91 Å². The molecular formula is C17H28N2O2. The van der Waals surface area contributed by atoms with Crippen molar-refractivity contribution in [3.8, 4) is 5.75 Å². The first-order valence-corrected chi connectivity index (χ1v) is 7.50. The third-order valence-corrected chi connectivity index (χ3v) is 3.63. The Balaban J connectivity index is 2.72. The Morgan fingerprint density at radius 1 is 1.29 bits per heavy atom. The molecule has 0 spiro atoms. The summed E-state index contributed by atoms with van der Waals surface area (Å²) in [5, 5.41) is 2.99. The van der Waals surface area contributed by atoms with Crippen molar-refractivity contribution in [2.45, 2.75) is 26.2 Å². The summed E-state index contributed by atoms with van der Waals surface area (Å²) in [7, 11) is 5.67. The number of ether oxygens (including phenoxy) is 1. The standard InChI is InChI=1S/C17H28N2O2/c1-13(2)15(12-17(20)18-10-11-19(3)4)14-8-6-7-9-16(14)21-5/h6-9,13,15H,10-12H2,1-5H3,(H,18,20). The molecule has 0 saturated heterocycles.